The summed E-state index contributed by atoms with van der Waals surface area (Å²) in [5, 5.41) is 11.2. The van der Waals surface area contributed by atoms with Crippen molar-refractivity contribution >= 4 is 40.7 Å². The second-order valence-corrected chi connectivity index (χ2v) is 7.61. The highest BCUT2D eigenvalue weighted by molar-refractivity contribution is 7.16. The van der Waals surface area contributed by atoms with Crippen molar-refractivity contribution in [1.82, 2.24) is 0 Å². The van der Waals surface area contributed by atoms with Crippen LogP contribution in [0.3, 0.4) is 0 Å². The fourth-order valence-electron chi connectivity index (χ4n) is 3.14. The Bertz CT molecular complexity index is 1170. The van der Waals surface area contributed by atoms with Gasteiger partial charge in [0.05, 0.1) is 17.0 Å². The third-order valence-electron chi connectivity index (χ3n) is 4.60. The molecule has 1 amide bonds. The van der Waals surface area contributed by atoms with E-state index in [1.54, 1.807) is 54.6 Å². The first-order valence-corrected chi connectivity index (χ1v) is 9.95. The Hall–Kier alpha value is -3.78. The third-order valence-corrected chi connectivity index (χ3v) is 5.68. The number of thiophene rings is 1. The van der Waals surface area contributed by atoms with Gasteiger partial charge in [0.15, 0.2) is 5.78 Å². The Balaban J connectivity index is 1.52. The van der Waals surface area contributed by atoms with Gasteiger partial charge in [-0.05, 0) is 42.5 Å². The molecule has 0 radical (unpaired) electrons. The van der Waals surface area contributed by atoms with E-state index in [0.717, 1.165) is 9.75 Å². The van der Waals surface area contributed by atoms with E-state index < -0.39 is 11.0 Å². The van der Waals surface area contributed by atoms with Crippen molar-refractivity contribution in [2.24, 2.45) is 0 Å². The summed E-state index contributed by atoms with van der Waals surface area (Å²) in [4.78, 5) is 38.2. The molecule has 2 heterocycles. The smallest absolute Gasteiger partial charge is 0.414 e. The number of nitro benzene ring substituents is 1. The number of nitrogens with zero attached hydrogens (tertiary/aromatic N) is 2. The molecule has 1 saturated heterocycles. The largest absolute Gasteiger partial charge is 0.447 e. The van der Waals surface area contributed by atoms with Gasteiger partial charge in [0.1, 0.15) is 6.61 Å². The van der Waals surface area contributed by atoms with Crippen LogP contribution in [0.25, 0.3) is 16.5 Å². The summed E-state index contributed by atoms with van der Waals surface area (Å²) in [7, 11) is 0. The van der Waals surface area contributed by atoms with Crippen LogP contribution >= 0.6 is 11.3 Å². The number of allylic oxidation sites excluding steroid dienone is 1. The number of ether oxygens (including phenoxy) is 1. The quantitative estimate of drug-likeness (QED) is 0.237. The standard InChI is InChI=1S/C22H16N2O5S/c25-20(15-4-3-5-16(14-15)23-12-13-29-22(23)26)10-8-17-9-11-21(30-17)18-6-1-2-7-19(18)24(27)28/h1-11,14H,12-13H2/b10-8+. The summed E-state index contributed by atoms with van der Waals surface area (Å²) >= 11 is 1.37. The van der Waals surface area contributed by atoms with Crippen molar-refractivity contribution in [2.75, 3.05) is 18.1 Å². The third kappa shape index (κ3) is 3.99. The van der Waals surface area contributed by atoms with E-state index >= 15 is 0 Å². The lowest BCUT2D eigenvalue weighted by atomic mass is 10.1. The summed E-state index contributed by atoms with van der Waals surface area (Å²) in [6.45, 7) is 0.785. The molecule has 4 rings (SSSR count). The van der Waals surface area contributed by atoms with Gasteiger partial charge in [0.2, 0.25) is 0 Å². The van der Waals surface area contributed by atoms with Crippen LogP contribution in [0.2, 0.25) is 0 Å². The Morgan fingerprint density at radius 1 is 1.13 bits per heavy atom. The predicted molar refractivity (Wildman–Crippen MR) is 115 cm³/mol. The average molecular weight is 420 g/mol. The van der Waals surface area contributed by atoms with Gasteiger partial charge in [-0.1, -0.05) is 24.3 Å². The van der Waals surface area contributed by atoms with E-state index in [9.17, 15) is 19.7 Å². The Morgan fingerprint density at radius 2 is 1.97 bits per heavy atom. The number of carbonyl (C=O) groups is 2. The molecule has 1 fully saturated rings. The van der Waals surface area contributed by atoms with Gasteiger partial charge in [0, 0.05) is 27.1 Å². The molecule has 0 unspecified atom stereocenters. The van der Waals surface area contributed by atoms with Crippen LogP contribution < -0.4 is 4.90 Å². The van der Waals surface area contributed by atoms with Gasteiger partial charge >= 0.3 is 6.09 Å². The topological polar surface area (TPSA) is 89.8 Å². The van der Waals surface area contributed by atoms with E-state index in [4.69, 9.17) is 4.74 Å². The van der Waals surface area contributed by atoms with Gasteiger partial charge < -0.3 is 4.74 Å². The molecule has 8 heteroatoms. The number of para-hydroxylation sites is 1. The van der Waals surface area contributed by atoms with E-state index in [2.05, 4.69) is 0 Å². The van der Waals surface area contributed by atoms with Gasteiger partial charge in [-0.2, -0.15) is 0 Å². The lowest BCUT2D eigenvalue weighted by Gasteiger charge is -2.13. The van der Waals surface area contributed by atoms with E-state index in [1.807, 2.05) is 6.07 Å². The molecule has 0 atom stereocenters. The molecule has 3 aromatic rings. The Morgan fingerprint density at radius 3 is 2.73 bits per heavy atom. The molecule has 1 aliphatic heterocycles. The van der Waals surface area contributed by atoms with E-state index in [1.165, 1.54) is 28.4 Å². The molecule has 0 spiro atoms. The number of benzene rings is 2. The second kappa shape index (κ2) is 8.30. The summed E-state index contributed by atoms with van der Waals surface area (Å²) in [6.07, 6.45) is 2.72. The van der Waals surface area contributed by atoms with Crippen molar-refractivity contribution in [1.29, 1.82) is 0 Å². The molecular formula is C22H16N2O5S. The fraction of sp³-hybridized carbons (Fsp3) is 0.0909. The number of carbonyl (C=O) groups excluding carboxylic acids is 2. The van der Waals surface area contributed by atoms with Crippen LogP contribution in [0.15, 0.2) is 66.7 Å². The van der Waals surface area contributed by atoms with Crippen molar-refractivity contribution < 1.29 is 19.2 Å². The van der Waals surface area contributed by atoms with Crippen LogP contribution in [-0.2, 0) is 4.74 Å². The minimum absolute atomic E-state index is 0.0446. The molecular weight excluding hydrogens is 404 g/mol. The minimum atomic E-state index is -0.420. The number of ketones is 1. The summed E-state index contributed by atoms with van der Waals surface area (Å²) < 4.78 is 4.93. The number of cyclic esters (lactones) is 1. The summed E-state index contributed by atoms with van der Waals surface area (Å²) in [5.74, 6) is -0.204. The lowest BCUT2D eigenvalue weighted by Crippen LogP contribution is -2.23. The van der Waals surface area contributed by atoms with Crippen LogP contribution in [-0.4, -0.2) is 30.0 Å². The number of hydrogen-bond acceptors (Lipinski definition) is 6. The number of rotatable bonds is 6. The van der Waals surface area contributed by atoms with E-state index in [-0.39, 0.29) is 11.5 Å². The first-order valence-electron chi connectivity index (χ1n) is 9.13. The zero-order valence-corrected chi connectivity index (χ0v) is 16.5. The van der Waals surface area contributed by atoms with E-state index in [0.29, 0.717) is 30.0 Å². The first kappa shape index (κ1) is 19.5. The van der Waals surface area contributed by atoms with Gasteiger partial charge in [0.25, 0.3) is 5.69 Å². The maximum Gasteiger partial charge on any atom is 0.414 e. The lowest BCUT2D eigenvalue weighted by molar-refractivity contribution is -0.384. The van der Waals surface area contributed by atoms with Crippen molar-refractivity contribution in [3.05, 3.63) is 87.3 Å². The zero-order valence-electron chi connectivity index (χ0n) is 15.7. The second-order valence-electron chi connectivity index (χ2n) is 6.49. The Labute approximate surface area is 176 Å². The molecule has 0 bridgehead atoms. The maximum atomic E-state index is 12.6. The normalized spacial score (nSPS) is 13.6. The fourth-order valence-corrected chi connectivity index (χ4v) is 4.08. The SMILES string of the molecule is O=C(/C=C/c1ccc(-c2ccccc2[N+](=O)[O-])s1)c1cccc(N2CCOC2=O)c1. The molecule has 0 aliphatic carbocycles. The van der Waals surface area contributed by atoms with Crippen LogP contribution in [0.5, 0.6) is 0 Å². The number of amides is 1. The van der Waals surface area contributed by atoms with Crippen molar-refractivity contribution in [3.63, 3.8) is 0 Å². The molecule has 1 aromatic heterocycles. The van der Waals surface area contributed by atoms with Crippen molar-refractivity contribution in [3.8, 4) is 10.4 Å². The molecule has 7 nitrogen and oxygen atoms in total. The van der Waals surface area contributed by atoms with Crippen LogP contribution in [0.4, 0.5) is 16.2 Å². The Kier molecular flexibility index (Phi) is 5.40. The molecule has 0 saturated carbocycles. The molecule has 0 N–H and O–H groups in total. The van der Waals surface area contributed by atoms with Crippen LogP contribution in [0, 0.1) is 10.1 Å². The average Bonchev–Trinajstić information content (AvgIpc) is 3.41. The zero-order chi connectivity index (χ0) is 21.1. The highest BCUT2D eigenvalue weighted by atomic mass is 32.1. The highest BCUT2D eigenvalue weighted by Crippen LogP contribution is 2.35. The van der Waals surface area contributed by atoms with Crippen molar-refractivity contribution in [2.45, 2.75) is 0 Å². The molecule has 150 valence electrons. The number of nitro groups is 1. The maximum absolute atomic E-state index is 12.6. The molecule has 2 aromatic carbocycles. The summed E-state index contributed by atoms with van der Waals surface area (Å²) in [5.41, 5.74) is 1.66. The number of hydrogen-bond donors (Lipinski definition) is 0. The van der Waals surface area contributed by atoms with Gasteiger partial charge in [-0.25, -0.2) is 4.79 Å². The summed E-state index contributed by atoms with van der Waals surface area (Å²) in [6, 6.07) is 17.0. The molecule has 1 aliphatic rings. The number of anilines is 1. The molecule has 30 heavy (non-hydrogen) atoms. The van der Waals surface area contributed by atoms with Crippen LogP contribution in [0.1, 0.15) is 15.2 Å². The highest BCUT2D eigenvalue weighted by Gasteiger charge is 2.23. The minimum Gasteiger partial charge on any atom is -0.447 e. The van der Waals surface area contributed by atoms with Gasteiger partial charge in [-0.3, -0.25) is 19.8 Å². The predicted octanol–water partition coefficient (Wildman–Crippen LogP) is 5.18. The first-order chi connectivity index (χ1) is 14.5. The monoisotopic (exact) mass is 420 g/mol. The van der Waals surface area contributed by atoms with Gasteiger partial charge in [-0.15, -0.1) is 11.3 Å².